The molecule has 0 saturated carbocycles. The van der Waals surface area contributed by atoms with Crippen molar-refractivity contribution in [1.29, 1.82) is 0 Å². The molecule has 0 saturated heterocycles. The third kappa shape index (κ3) is 2.61. The zero-order valence-corrected chi connectivity index (χ0v) is 12.6. The van der Waals surface area contributed by atoms with Gasteiger partial charge in [-0.3, -0.25) is 5.84 Å². The minimum Gasteiger partial charge on any atom is -0.271 e. The van der Waals surface area contributed by atoms with E-state index in [9.17, 15) is 4.39 Å². The maximum atomic E-state index is 13.9. The predicted molar refractivity (Wildman–Crippen MR) is 75.3 cm³/mol. The number of hydrogen-bond donors (Lipinski definition) is 2. The molecule has 1 atom stereocenters. The van der Waals surface area contributed by atoms with Crippen LogP contribution in [0.4, 0.5) is 4.39 Å². The highest BCUT2D eigenvalue weighted by atomic mass is 79.9. The summed E-state index contributed by atoms with van der Waals surface area (Å²) in [4.78, 5) is 0.943. The van der Waals surface area contributed by atoms with Gasteiger partial charge >= 0.3 is 0 Å². The number of thiophene rings is 1. The largest absolute Gasteiger partial charge is 0.271 e. The Balaban J connectivity index is 2.53. The number of nitrogens with two attached hydrogens (primary N) is 1. The van der Waals surface area contributed by atoms with E-state index in [0.717, 1.165) is 9.35 Å². The summed E-state index contributed by atoms with van der Waals surface area (Å²) in [6, 6.07) is 6.41. The first kappa shape index (κ1) is 13.2. The van der Waals surface area contributed by atoms with Gasteiger partial charge in [-0.15, -0.1) is 11.3 Å². The summed E-state index contributed by atoms with van der Waals surface area (Å²) in [5.41, 5.74) is 3.17. The average molecular weight is 380 g/mol. The van der Waals surface area contributed by atoms with Gasteiger partial charge in [-0.05, 0) is 39.5 Å². The maximum Gasteiger partial charge on any atom is 0.129 e. The second-order valence-corrected chi connectivity index (χ2v) is 6.02. The van der Waals surface area contributed by atoms with E-state index >= 15 is 0 Å². The Bertz CT molecular complexity index is 510. The lowest BCUT2D eigenvalue weighted by Crippen LogP contribution is -2.29. The molecule has 1 aromatic carbocycles. The first-order valence-electron chi connectivity index (χ1n) is 4.78. The second kappa shape index (κ2) is 5.58. The van der Waals surface area contributed by atoms with Crippen molar-refractivity contribution in [2.24, 2.45) is 5.84 Å². The van der Waals surface area contributed by atoms with E-state index in [-0.39, 0.29) is 11.9 Å². The molecule has 1 aromatic heterocycles. The summed E-state index contributed by atoms with van der Waals surface area (Å²) < 4.78 is 15.5. The molecule has 0 fully saturated rings. The summed E-state index contributed by atoms with van der Waals surface area (Å²) in [6.07, 6.45) is 0. The van der Waals surface area contributed by atoms with Crippen LogP contribution >= 0.6 is 43.2 Å². The summed E-state index contributed by atoms with van der Waals surface area (Å²) in [7, 11) is 0. The molecule has 2 rings (SSSR count). The van der Waals surface area contributed by atoms with Crippen LogP contribution in [0.5, 0.6) is 0 Å². The number of rotatable bonds is 3. The van der Waals surface area contributed by atoms with E-state index < -0.39 is 0 Å². The number of hydrazine groups is 1. The molecule has 0 aliphatic rings. The first-order valence-corrected chi connectivity index (χ1v) is 7.24. The Labute approximate surface area is 119 Å². The summed E-state index contributed by atoms with van der Waals surface area (Å²) in [6.45, 7) is 0. The standard InChI is InChI=1S/C11H9Br2FN2S/c12-6-2-1-3-8(14)9(6)10(16-15)11-7(13)4-5-17-11/h1-5,10,16H,15H2. The third-order valence-electron chi connectivity index (χ3n) is 2.36. The SMILES string of the molecule is NNC(c1sccc1Br)c1c(F)cccc1Br. The van der Waals surface area contributed by atoms with Crippen molar-refractivity contribution >= 4 is 43.2 Å². The van der Waals surface area contributed by atoms with Crippen LogP contribution in [0.1, 0.15) is 16.5 Å². The fourth-order valence-electron chi connectivity index (χ4n) is 1.59. The predicted octanol–water partition coefficient (Wildman–Crippen LogP) is 3.96. The molecule has 0 aliphatic carbocycles. The molecule has 90 valence electrons. The molecule has 0 bridgehead atoms. The molecule has 0 aliphatic heterocycles. The quantitative estimate of drug-likeness (QED) is 0.625. The van der Waals surface area contributed by atoms with Gasteiger partial charge in [-0.1, -0.05) is 22.0 Å². The number of hydrogen-bond acceptors (Lipinski definition) is 3. The van der Waals surface area contributed by atoms with Crippen molar-refractivity contribution < 1.29 is 4.39 Å². The Kier molecular flexibility index (Phi) is 4.32. The van der Waals surface area contributed by atoms with Gasteiger partial charge in [0.15, 0.2) is 0 Å². The van der Waals surface area contributed by atoms with E-state index in [1.165, 1.54) is 17.4 Å². The van der Waals surface area contributed by atoms with Crippen molar-refractivity contribution in [1.82, 2.24) is 5.43 Å². The van der Waals surface area contributed by atoms with Crippen LogP contribution in [0.15, 0.2) is 38.6 Å². The van der Waals surface area contributed by atoms with Gasteiger partial charge in [-0.25, -0.2) is 9.82 Å². The van der Waals surface area contributed by atoms with Crippen LogP contribution in [0.2, 0.25) is 0 Å². The Morgan fingerprint density at radius 2 is 2.00 bits per heavy atom. The fraction of sp³-hybridized carbons (Fsp3) is 0.0909. The van der Waals surface area contributed by atoms with Crippen LogP contribution in [0.3, 0.4) is 0 Å². The molecule has 17 heavy (non-hydrogen) atoms. The normalized spacial score (nSPS) is 12.7. The lowest BCUT2D eigenvalue weighted by atomic mass is 10.1. The van der Waals surface area contributed by atoms with Gasteiger partial charge in [-0.2, -0.15) is 0 Å². The van der Waals surface area contributed by atoms with Crippen molar-refractivity contribution in [3.63, 3.8) is 0 Å². The molecule has 1 unspecified atom stereocenters. The van der Waals surface area contributed by atoms with Crippen molar-refractivity contribution in [2.75, 3.05) is 0 Å². The molecule has 1 heterocycles. The zero-order chi connectivity index (χ0) is 12.4. The van der Waals surface area contributed by atoms with Crippen LogP contribution in [0, 0.1) is 5.82 Å². The molecule has 2 nitrogen and oxygen atoms in total. The first-order chi connectivity index (χ1) is 8.15. The van der Waals surface area contributed by atoms with Crippen LogP contribution in [0.25, 0.3) is 0 Å². The van der Waals surface area contributed by atoms with E-state index in [0.29, 0.717) is 10.0 Å². The van der Waals surface area contributed by atoms with E-state index in [1.807, 2.05) is 11.4 Å². The number of nitrogens with one attached hydrogen (secondary N) is 1. The Morgan fingerprint density at radius 3 is 2.53 bits per heavy atom. The minimum atomic E-state index is -0.375. The molecule has 2 aromatic rings. The van der Waals surface area contributed by atoms with E-state index in [1.54, 1.807) is 12.1 Å². The lowest BCUT2D eigenvalue weighted by Gasteiger charge is -2.17. The van der Waals surface area contributed by atoms with Crippen LogP contribution < -0.4 is 11.3 Å². The topological polar surface area (TPSA) is 38.0 Å². The zero-order valence-electron chi connectivity index (χ0n) is 8.58. The Morgan fingerprint density at radius 1 is 1.24 bits per heavy atom. The molecule has 0 spiro atoms. The second-order valence-electron chi connectivity index (χ2n) is 3.37. The highest BCUT2D eigenvalue weighted by Gasteiger charge is 2.22. The molecular weight excluding hydrogens is 371 g/mol. The van der Waals surface area contributed by atoms with Crippen molar-refractivity contribution in [2.45, 2.75) is 6.04 Å². The molecule has 0 amide bonds. The van der Waals surface area contributed by atoms with E-state index in [2.05, 4.69) is 37.3 Å². The van der Waals surface area contributed by atoms with Crippen LogP contribution in [-0.4, -0.2) is 0 Å². The van der Waals surface area contributed by atoms with Gasteiger partial charge in [0.2, 0.25) is 0 Å². The summed E-state index contributed by atoms with van der Waals surface area (Å²) >= 11 is 8.30. The van der Waals surface area contributed by atoms with E-state index in [4.69, 9.17) is 5.84 Å². The summed E-state index contributed by atoms with van der Waals surface area (Å²) in [5.74, 6) is 5.26. The molecular formula is C11H9Br2FN2S. The van der Waals surface area contributed by atoms with Gasteiger partial charge in [0.05, 0.1) is 6.04 Å². The Hall–Kier alpha value is -0.270. The van der Waals surface area contributed by atoms with Gasteiger partial charge < -0.3 is 0 Å². The number of halogens is 3. The number of benzene rings is 1. The van der Waals surface area contributed by atoms with Gasteiger partial charge in [0.25, 0.3) is 0 Å². The lowest BCUT2D eigenvalue weighted by molar-refractivity contribution is 0.561. The maximum absolute atomic E-state index is 13.9. The highest BCUT2D eigenvalue weighted by Crippen LogP contribution is 2.36. The molecule has 3 N–H and O–H groups in total. The smallest absolute Gasteiger partial charge is 0.129 e. The molecule has 0 radical (unpaired) electrons. The van der Waals surface area contributed by atoms with Gasteiger partial charge in [0.1, 0.15) is 5.82 Å². The monoisotopic (exact) mass is 378 g/mol. The van der Waals surface area contributed by atoms with Crippen molar-refractivity contribution in [3.8, 4) is 0 Å². The highest BCUT2D eigenvalue weighted by molar-refractivity contribution is 9.10. The third-order valence-corrected chi connectivity index (χ3v) is 4.99. The summed E-state index contributed by atoms with van der Waals surface area (Å²) in [5, 5.41) is 1.93. The van der Waals surface area contributed by atoms with Gasteiger partial charge in [0, 0.05) is 19.4 Å². The van der Waals surface area contributed by atoms with Crippen LogP contribution in [-0.2, 0) is 0 Å². The fourth-order valence-corrected chi connectivity index (χ4v) is 3.83. The van der Waals surface area contributed by atoms with Crippen molar-refractivity contribution in [3.05, 3.63) is 54.8 Å². The molecule has 6 heteroatoms. The average Bonchev–Trinajstić information content (AvgIpc) is 2.70. The minimum absolute atomic E-state index is 0.289.